The van der Waals surface area contributed by atoms with Gasteiger partial charge in [0.25, 0.3) is 0 Å². The molecule has 0 spiro atoms. The zero-order valence-electron chi connectivity index (χ0n) is 17.1. The van der Waals surface area contributed by atoms with Crippen LogP contribution in [-0.2, 0) is 6.54 Å². The van der Waals surface area contributed by atoms with Crippen molar-refractivity contribution in [2.75, 3.05) is 6.54 Å². The standard InChI is InChI=1S/C25H31N2P/c1-25(2,3)20-27-24(26-19-21-13-7-4-8-14-21)28(22-15-9-5-10-16-22)23-17-11-6-12-18-23/h4-18,24,26-27H,19-20H2,1-3H3. The number of rotatable bonds is 8. The molecule has 0 bridgehead atoms. The molecule has 2 N–H and O–H groups in total. The second-order valence-electron chi connectivity index (χ2n) is 8.25. The summed E-state index contributed by atoms with van der Waals surface area (Å²) >= 11 is 0. The van der Waals surface area contributed by atoms with Gasteiger partial charge in [0, 0.05) is 13.1 Å². The van der Waals surface area contributed by atoms with E-state index in [1.54, 1.807) is 0 Å². The van der Waals surface area contributed by atoms with Crippen LogP contribution in [-0.4, -0.2) is 12.5 Å². The monoisotopic (exact) mass is 390 g/mol. The van der Waals surface area contributed by atoms with E-state index in [2.05, 4.69) is 122 Å². The third kappa shape index (κ3) is 6.27. The molecule has 0 fully saturated rings. The SMILES string of the molecule is CC(C)(C)CNC(NCc1ccccc1)P(c1ccccc1)c1ccccc1. The minimum absolute atomic E-state index is 0.194. The Morgan fingerprint density at radius 3 is 1.61 bits per heavy atom. The molecule has 0 aliphatic carbocycles. The summed E-state index contributed by atoms with van der Waals surface area (Å²) < 4.78 is 0. The van der Waals surface area contributed by atoms with Crippen LogP contribution in [0.2, 0.25) is 0 Å². The van der Waals surface area contributed by atoms with Crippen LogP contribution in [0.25, 0.3) is 0 Å². The van der Waals surface area contributed by atoms with Gasteiger partial charge in [-0.2, -0.15) is 0 Å². The highest BCUT2D eigenvalue weighted by molar-refractivity contribution is 7.73. The molecular formula is C25H31N2P. The molecule has 3 rings (SSSR count). The molecular weight excluding hydrogens is 359 g/mol. The molecule has 0 amide bonds. The molecule has 1 atom stereocenters. The van der Waals surface area contributed by atoms with Gasteiger partial charge >= 0.3 is 0 Å². The van der Waals surface area contributed by atoms with Gasteiger partial charge in [-0.25, -0.2) is 0 Å². The predicted molar refractivity (Wildman–Crippen MR) is 124 cm³/mol. The maximum atomic E-state index is 3.84. The second kappa shape index (κ2) is 9.98. The van der Waals surface area contributed by atoms with E-state index in [1.807, 2.05) is 0 Å². The van der Waals surface area contributed by atoms with Crippen molar-refractivity contribution in [3.8, 4) is 0 Å². The molecule has 3 aromatic carbocycles. The maximum Gasteiger partial charge on any atom is 0.0861 e. The van der Waals surface area contributed by atoms with E-state index in [9.17, 15) is 0 Å². The van der Waals surface area contributed by atoms with Crippen LogP contribution < -0.4 is 21.2 Å². The summed E-state index contributed by atoms with van der Waals surface area (Å²) in [6.45, 7) is 8.64. The molecule has 1 unspecified atom stereocenters. The zero-order valence-corrected chi connectivity index (χ0v) is 18.0. The third-order valence-corrected chi connectivity index (χ3v) is 7.09. The summed E-state index contributed by atoms with van der Waals surface area (Å²) in [5.41, 5.74) is 1.53. The first-order valence-corrected chi connectivity index (χ1v) is 11.3. The number of nitrogens with one attached hydrogen (secondary N) is 2. The van der Waals surface area contributed by atoms with Gasteiger partial charge in [0.1, 0.15) is 0 Å². The largest absolute Gasteiger partial charge is 0.297 e. The Hall–Kier alpha value is -1.99. The van der Waals surface area contributed by atoms with E-state index in [-0.39, 0.29) is 11.3 Å². The average molecular weight is 391 g/mol. The summed E-state index contributed by atoms with van der Waals surface area (Å²) in [7, 11) is -0.586. The lowest BCUT2D eigenvalue weighted by Crippen LogP contribution is -2.47. The fraction of sp³-hybridized carbons (Fsp3) is 0.280. The Labute approximate surface area is 171 Å². The topological polar surface area (TPSA) is 24.1 Å². The highest BCUT2D eigenvalue weighted by Gasteiger charge is 2.25. The van der Waals surface area contributed by atoms with Gasteiger partial charge in [-0.05, 0) is 29.5 Å². The molecule has 28 heavy (non-hydrogen) atoms. The molecule has 0 heterocycles. The van der Waals surface area contributed by atoms with Gasteiger partial charge < -0.3 is 0 Å². The highest BCUT2D eigenvalue weighted by Crippen LogP contribution is 2.37. The maximum absolute atomic E-state index is 3.84. The van der Waals surface area contributed by atoms with Gasteiger partial charge in [-0.3, -0.25) is 10.6 Å². The highest BCUT2D eigenvalue weighted by atomic mass is 31.1. The Morgan fingerprint density at radius 1 is 0.679 bits per heavy atom. The minimum Gasteiger partial charge on any atom is -0.297 e. The first kappa shape index (κ1) is 20.7. The van der Waals surface area contributed by atoms with E-state index in [0.29, 0.717) is 0 Å². The van der Waals surface area contributed by atoms with Crippen molar-refractivity contribution in [2.45, 2.75) is 33.2 Å². The Bertz CT molecular complexity index is 774. The van der Waals surface area contributed by atoms with Crippen molar-refractivity contribution in [2.24, 2.45) is 5.41 Å². The predicted octanol–water partition coefficient (Wildman–Crippen LogP) is 4.83. The van der Waals surface area contributed by atoms with E-state index < -0.39 is 7.92 Å². The second-order valence-corrected chi connectivity index (χ2v) is 10.5. The van der Waals surface area contributed by atoms with Gasteiger partial charge in [0.2, 0.25) is 0 Å². The van der Waals surface area contributed by atoms with Crippen molar-refractivity contribution < 1.29 is 0 Å². The van der Waals surface area contributed by atoms with Crippen molar-refractivity contribution >= 4 is 18.5 Å². The zero-order chi connectivity index (χ0) is 19.8. The van der Waals surface area contributed by atoms with E-state index in [1.165, 1.54) is 16.2 Å². The first-order chi connectivity index (χ1) is 13.5. The minimum atomic E-state index is -0.586. The van der Waals surface area contributed by atoms with Gasteiger partial charge in [-0.15, -0.1) is 0 Å². The molecule has 3 aromatic rings. The smallest absolute Gasteiger partial charge is 0.0861 e. The quantitative estimate of drug-likeness (QED) is 0.425. The molecule has 146 valence electrons. The van der Waals surface area contributed by atoms with Gasteiger partial charge in [-0.1, -0.05) is 112 Å². The fourth-order valence-electron chi connectivity index (χ4n) is 3.09. The van der Waals surface area contributed by atoms with Gasteiger partial charge in [0.05, 0.1) is 5.91 Å². The van der Waals surface area contributed by atoms with E-state index in [4.69, 9.17) is 0 Å². The van der Waals surface area contributed by atoms with Crippen molar-refractivity contribution in [1.29, 1.82) is 0 Å². The van der Waals surface area contributed by atoms with E-state index in [0.717, 1.165) is 13.1 Å². The van der Waals surface area contributed by atoms with Gasteiger partial charge in [0.15, 0.2) is 0 Å². The molecule has 0 aliphatic rings. The number of hydrogen-bond acceptors (Lipinski definition) is 2. The third-order valence-electron chi connectivity index (χ3n) is 4.50. The normalized spacial score (nSPS) is 12.9. The molecule has 0 saturated heterocycles. The number of hydrogen-bond donors (Lipinski definition) is 2. The van der Waals surface area contributed by atoms with Crippen LogP contribution in [0.5, 0.6) is 0 Å². The Balaban J connectivity index is 1.90. The Kier molecular flexibility index (Phi) is 7.39. The molecule has 0 aliphatic heterocycles. The summed E-state index contributed by atoms with van der Waals surface area (Å²) in [5.74, 6) is 0.194. The fourth-order valence-corrected chi connectivity index (χ4v) is 5.52. The molecule has 0 radical (unpaired) electrons. The van der Waals surface area contributed by atoms with Crippen LogP contribution in [0.1, 0.15) is 26.3 Å². The van der Waals surface area contributed by atoms with Crippen LogP contribution in [0.4, 0.5) is 0 Å². The summed E-state index contributed by atoms with van der Waals surface area (Å²) in [4.78, 5) is 0. The summed E-state index contributed by atoms with van der Waals surface area (Å²) in [6.07, 6.45) is 0. The van der Waals surface area contributed by atoms with Crippen LogP contribution in [0.15, 0.2) is 91.0 Å². The summed E-state index contributed by atoms with van der Waals surface area (Å²) in [6, 6.07) is 32.4. The van der Waals surface area contributed by atoms with Crippen molar-refractivity contribution in [1.82, 2.24) is 10.6 Å². The van der Waals surface area contributed by atoms with Crippen molar-refractivity contribution in [3.63, 3.8) is 0 Å². The van der Waals surface area contributed by atoms with Crippen molar-refractivity contribution in [3.05, 3.63) is 96.6 Å². The number of benzene rings is 3. The molecule has 0 saturated carbocycles. The van der Waals surface area contributed by atoms with E-state index >= 15 is 0 Å². The first-order valence-electron chi connectivity index (χ1n) is 9.93. The lowest BCUT2D eigenvalue weighted by molar-refractivity contribution is 0.361. The molecule has 2 nitrogen and oxygen atoms in total. The van der Waals surface area contributed by atoms with Crippen LogP contribution in [0, 0.1) is 5.41 Å². The van der Waals surface area contributed by atoms with Crippen LogP contribution >= 0.6 is 7.92 Å². The lowest BCUT2D eigenvalue weighted by Gasteiger charge is -2.33. The lowest BCUT2D eigenvalue weighted by atomic mass is 9.97. The van der Waals surface area contributed by atoms with Crippen LogP contribution in [0.3, 0.4) is 0 Å². The summed E-state index contributed by atoms with van der Waals surface area (Å²) in [5, 5.41) is 10.4. The molecule has 0 aromatic heterocycles. The Morgan fingerprint density at radius 2 is 1.14 bits per heavy atom. The average Bonchev–Trinajstić information content (AvgIpc) is 2.71. The molecule has 3 heteroatoms.